The molecule has 0 aliphatic carbocycles. The number of hydrogen-bond donors (Lipinski definition) is 1. The Balaban J connectivity index is 2.00. The van der Waals surface area contributed by atoms with Crippen LogP contribution in [0.15, 0.2) is 15.7 Å². The number of nitrogens with zero attached hydrogens (tertiary/aromatic N) is 1. The van der Waals surface area contributed by atoms with Crippen molar-refractivity contribution in [3.05, 3.63) is 17.0 Å². The van der Waals surface area contributed by atoms with Crippen LogP contribution in [0.5, 0.6) is 0 Å². The minimum Gasteiger partial charge on any atom is -0.480 e. The van der Waals surface area contributed by atoms with Crippen LogP contribution < -0.4 is 0 Å². The molecule has 1 fully saturated rings. The van der Waals surface area contributed by atoms with E-state index in [9.17, 15) is 13.2 Å². The Morgan fingerprint density at radius 3 is 2.95 bits per heavy atom. The fraction of sp³-hybridized carbons (Fsp3) is 0.615. The Labute approximate surface area is 128 Å². The lowest BCUT2D eigenvalue weighted by atomic mass is 10.0. The Morgan fingerprint density at radius 2 is 2.33 bits per heavy atom. The number of piperidine rings is 1. The number of rotatable bonds is 6. The maximum Gasteiger partial charge on any atom is 0.329 e. The summed E-state index contributed by atoms with van der Waals surface area (Å²) in [5.74, 6) is -0.961. The highest BCUT2D eigenvalue weighted by atomic mass is 32.2. The molecule has 8 heteroatoms. The lowest BCUT2D eigenvalue weighted by molar-refractivity contribution is -0.142. The van der Waals surface area contributed by atoms with Gasteiger partial charge < -0.3 is 9.84 Å². The van der Waals surface area contributed by atoms with Crippen molar-refractivity contribution in [2.45, 2.75) is 24.0 Å². The van der Waals surface area contributed by atoms with Gasteiger partial charge in [0.2, 0.25) is 0 Å². The summed E-state index contributed by atoms with van der Waals surface area (Å²) in [4.78, 5) is 10.4. The third kappa shape index (κ3) is 4.03. The molecule has 21 heavy (non-hydrogen) atoms. The molecule has 1 aliphatic rings. The monoisotopic (exact) mass is 333 g/mol. The van der Waals surface area contributed by atoms with Crippen LogP contribution in [-0.4, -0.2) is 50.1 Å². The quantitative estimate of drug-likeness (QED) is 0.854. The van der Waals surface area contributed by atoms with E-state index in [1.807, 2.05) is 0 Å². The molecule has 6 nitrogen and oxygen atoms in total. The van der Waals surface area contributed by atoms with Crippen molar-refractivity contribution in [3.63, 3.8) is 0 Å². The van der Waals surface area contributed by atoms with Crippen LogP contribution >= 0.6 is 11.3 Å². The minimum absolute atomic E-state index is 0.0492. The molecule has 0 saturated carbocycles. The predicted octanol–water partition coefficient (Wildman–Crippen LogP) is 1.56. The van der Waals surface area contributed by atoms with Crippen molar-refractivity contribution in [1.82, 2.24) is 4.31 Å². The number of hydrogen-bond acceptors (Lipinski definition) is 5. The second-order valence-electron chi connectivity index (χ2n) is 5.17. The molecule has 1 unspecified atom stereocenters. The lowest BCUT2D eigenvalue weighted by Crippen LogP contribution is -2.41. The van der Waals surface area contributed by atoms with E-state index in [-0.39, 0.29) is 19.1 Å². The first-order valence-corrected chi connectivity index (χ1v) is 9.07. The van der Waals surface area contributed by atoms with Gasteiger partial charge in [-0.2, -0.15) is 4.31 Å². The third-order valence-electron chi connectivity index (χ3n) is 3.45. The van der Waals surface area contributed by atoms with E-state index in [0.717, 1.165) is 18.4 Å². The van der Waals surface area contributed by atoms with Gasteiger partial charge in [0, 0.05) is 13.1 Å². The molecule has 1 aromatic rings. The third-order valence-corrected chi connectivity index (χ3v) is 6.98. The summed E-state index contributed by atoms with van der Waals surface area (Å²) in [6, 6.07) is 1.80. The smallest absolute Gasteiger partial charge is 0.329 e. The number of carboxylic acids is 1. The van der Waals surface area contributed by atoms with Crippen molar-refractivity contribution in [3.8, 4) is 0 Å². The van der Waals surface area contributed by atoms with E-state index in [4.69, 9.17) is 9.84 Å². The first-order chi connectivity index (χ1) is 9.91. The molecule has 0 bridgehead atoms. The van der Waals surface area contributed by atoms with Crippen LogP contribution in [0.25, 0.3) is 0 Å². The highest BCUT2D eigenvalue weighted by Crippen LogP contribution is 2.29. The molecule has 1 saturated heterocycles. The minimum atomic E-state index is -3.44. The van der Waals surface area contributed by atoms with Crippen LogP contribution in [0.4, 0.5) is 0 Å². The Morgan fingerprint density at radius 1 is 1.57 bits per heavy atom. The van der Waals surface area contributed by atoms with E-state index in [0.29, 0.717) is 17.3 Å². The standard InChI is InChI=1S/C13H19NO5S2/c1-10-4-6-20-13(10)21(17,18)14-5-2-3-11(7-14)8-19-9-12(15)16/h4,6,11H,2-3,5,7-9H2,1H3,(H,15,16). The van der Waals surface area contributed by atoms with Gasteiger partial charge in [-0.1, -0.05) is 0 Å². The number of aryl methyl sites for hydroxylation is 1. The number of carbonyl (C=O) groups is 1. The molecule has 0 aromatic carbocycles. The van der Waals surface area contributed by atoms with Crippen LogP contribution in [0.1, 0.15) is 18.4 Å². The molecule has 1 aromatic heterocycles. The summed E-state index contributed by atoms with van der Waals surface area (Å²) in [5, 5.41) is 10.3. The average molecular weight is 333 g/mol. The Kier molecular flexibility index (Phi) is 5.37. The van der Waals surface area contributed by atoms with Crippen molar-refractivity contribution in [2.75, 3.05) is 26.3 Å². The summed E-state index contributed by atoms with van der Waals surface area (Å²) in [5.41, 5.74) is 0.768. The summed E-state index contributed by atoms with van der Waals surface area (Å²) >= 11 is 1.23. The van der Waals surface area contributed by atoms with E-state index in [1.54, 1.807) is 18.4 Å². The van der Waals surface area contributed by atoms with Crippen LogP contribution in [0, 0.1) is 12.8 Å². The SMILES string of the molecule is Cc1ccsc1S(=O)(=O)N1CCCC(COCC(=O)O)C1. The van der Waals surface area contributed by atoms with E-state index < -0.39 is 16.0 Å². The van der Waals surface area contributed by atoms with E-state index in [1.165, 1.54) is 15.6 Å². The molecule has 0 radical (unpaired) electrons. The van der Waals surface area contributed by atoms with Crippen molar-refractivity contribution in [2.24, 2.45) is 5.92 Å². The summed E-state index contributed by atoms with van der Waals surface area (Å²) in [7, 11) is -3.44. The topological polar surface area (TPSA) is 83.9 Å². The van der Waals surface area contributed by atoms with Gasteiger partial charge in [0.25, 0.3) is 10.0 Å². The maximum absolute atomic E-state index is 12.6. The molecule has 2 heterocycles. The summed E-state index contributed by atoms with van der Waals surface area (Å²) in [6.07, 6.45) is 1.62. The maximum atomic E-state index is 12.6. The van der Waals surface area contributed by atoms with Crippen LogP contribution in [-0.2, 0) is 19.6 Å². The van der Waals surface area contributed by atoms with Gasteiger partial charge in [-0.15, -0.1) is 11.3 Å². The zero-order chi connectivity index (χ0) is 15.5. The zero-order valence-corrected chi connectivity index (χ0v) is 13.5. The summed E-state index contributed by atoms with van der Waals surface area (Å²) < 4.78 is 32.2. The van der Waals surface area contributed by atoms with Gasteiger partial charge in [0.05, 0.1) is 6.61 Å². The number of carboxylic acid groups (broad SMARTS) is 1. The van der Waals surface area contributed by atoms with Crippen molar-refractivity contribution >= 4 is 27.3 Å². The highest BCUT2D eigenvalue weighted by molar-refractivity contribution is 7.91. The van der Waals surface area contributed by atoms with Crippen LogP contribution in [0.2, 0.25) is 0 Å². The molecule has 0 spiro atoms. The molecule has 1 aliphatic heterocycles. The number of aliphatic carboxylic acids is 1. The molecular formula is C13H19NO5S2. The number of ether oxygens (including phenoxy) is 1. The molecule has 1 N–H and O–H groups in total. The number of thiophene rings is 1. The molecule has 118 valence electrons. The average Bonchev–Trinajstić information content (AvgIpc) is 2.86. The van der Waals surface area contributed by atoms with Crippen molar-refractivity contribution in [1.29, 1.82) is 0 Å². The van der Waals surface area contributed by atoms with Gasteiger partial charge in [0.1, 0.15) is 10.8 Å². The molecule has 1 atom stereocenters. The number of sulfonamides is 1. The Bertz CT molecular complexity index is 595. The zero-order valence-electron chi connectivity index (χ0n) is 11.8. The van der Waals surface area contributed by atoms with E-state index >= 15 is 0 Å². The second-order valence-corrected chi connectivity index (χ2v) is 8.22. The second kappa shape index (κ2) is 6.87. The largest absolute Gasteiger partial charge is 0.480 e. The van der Waals surface area contributed by atoms with Crippen molar-refractivity contribution < 1.29 is 23.1 Å². The predicted molar refractivity (Wildman–Crippen MR) is 79.0 cm³/mol. The molecule has 0 amide bonds. The fourth-order valence-corrected chi connectivity index (χ4v) is 5.54. The van der Waals surface area contributed by atoms with Crippen LogP contribution in [0.3, 0.4) is 0 Å². The van der Waals surface area contributed by atoms with Gasteiger partial charge in [-0.3, -0.25) is 0 Å². The normalized spacial score (nSPS) is 20.5. The fourth-order valence-electron chi connectivity index (χ4n) is 2.43. The summed E-state index contributed by atoms with van der Waals surface area (Å²) in [6.45, 7) is 2.63. The lowest BCUT2D eigenvalue weighted by Gasteiger charge is -2.31. The van der Waals surface area contributed by atoms with Gasteiger partial charge in [-0.05, 0) is 42.7 Å². The van der Waals surface area contributed by atoms with Gasteiger partial charge in [-0.25, -0.2) is 13.2 Å². The first-order valence-electron chi connectivity index (χ1n) is 6.75. The van der Waals surface area contributed by atoms with E-state index in [2.05, 4.69) is 0 Å². The van der Waals surface area contributed by atoms with Gasteiger partial charge >= 0.3 is 5.97 Å². The molecular weight excluding hydrogens is 314 g/mol. The molecule has 2 rings (SSSR count). The first kappa shape index (κ1) is 16.4. The van der Waals surface area contributed by atoms with Gasteiger partial charge in [0.15, 0.2) is 0 Å². The highest BCUT2D eigenvalue weighted by Gasteiger charge is 2.32. The Hall–Kier alpha value is -0.960.